The van der Waals surface area contributed by atoms with Crippen LogP contribution in [0.2, 0.25) is 0 Å². The van der Waals surface area contributed by atoms with Crippen LogP contribution in [0.15, 0.2) is 136 Å². The van der Waals surface area contributed by atoms with Crippen molar-refractivity contribution in [3.63, 3.8) is 0 Å². The summed E-state index contributed by atoms with van der Waals surface area (Å²) in [5, 5.41) is 6.80. The minimum Gasteiger partial charge on any atom is -0.463 e. The van der Waals surface area contributed by atoms with Crippen molar-refractivity contribution in [3.8, 4) is 22.3 Å². The molecule has 0 bridgehead atoms. The third kappa shape index (κ3) is 10.3. The lowest BCUT2D eigenvalue weighted by atomic mass is 9.88. The lowest BCUT2D eigenvalue weighted by Crippen LogP contribution is -2.03. The average Bonchev–Trinajstić information content (AvgIpc) is 3.25. The highest BCUT2D eigenvalue weighted by molar-refractivity contribution is 6.24. The molecule has 6 rings (SSSR count). The first-order valence-electron chi connectivity index (χ1n) is 19.3. The molecule has 0 unspecified atom stereocenters. The van der Waals surface area contributed by atoms with Crippen LogP contribution in [0.4, 0.5) is 0 Å². The van der Waals surface area contributed by atoms with Gasteiger partial charge in [-0.2, -0.15) is 0 Å². The van der Waals surface area contributed by atoms with Crippen LogP contribution in [-0.4, -0.2) is 37.1 Å². The largest absolute Gasteiger partial charge is 0.463 e. The Balaban J connectivity index is 1.32. The number of rotatable bonds is 20. The normalized spacial score (nSPS) is 11.0. The quantitative estimate of drug-likeness (QED) is 0.0248. The van der Waals surface area contributed by atoms with Crippen LogP contribution in [0.1, 0.15) is 47.9 Å². The van der Waals surface area contributed by atoms with Gasteiger partial charge in [0.15, 0.2) is 0 Å². The van der Waals surface area contributed by atoms with Crippen molar-refractivity contribution in [2.75, 3.05) is 13.2 Å². The van der Waals surface area contributed by atoms with E-state index in [0.717, 1.165) is 106 Å². The number of ether oxygens (including phenoxy) is 4. The Hall–Kier alpha value is -6.80. The number of hydrogen-bond acceptors (Lipinski definition) is 8. The molecule has 294 valence electrons. The molecule has 0 atom stereocenters. The van der Waals surface area contributed by atoms with Gasteiger partial charge >= 0.3 is 23.9 Å². The molecule has 0 radical (unpaired) electrons. The Labute approximate surface area is 338 Å². The molecule has 0 aliphatic rings. The van der Waals surface area contributed by atoms with Gasteiger partial charge in [0.1, 0.15) is 13.2 Å². The highest BCUT2D eigenvalue weighted by Crippen LogP contribution is 2.40. The van der Waals surface area contributed by atoms with Crippen molar-refractivity contribution in [1.29, 1.82) is 0 Å². The first kappa shape index (κ1) is 40.9. The first-order chi connectivity index (χ1) is 28.2. The molecule has 0 aliphatic heterocycles. The Morgan fingerprint density at radius 2 is 0.707 bits per heavy atom. The molecular formula is C50H46O8. The van der Waals surface area contributed by atoms with Crippen molar-refractivity contribution < 1.29 is 38.1 Å². The Kier molecular flexibility index (Phi) is 13.6. The molecule has 6 aromatic carbocycles. The highest BCUT2D eigenvalue weighted by Gasteiger charge is 2.15. The van der Waals surface area contributed by atoms with Crippen LogP contribution in [0.3, 0.4) is 0 Å². The van der Waals surface area contributed by atoms with E-state index < -0.39 is 23.9 Å². The lowest BCUT2D eigenvalue weighted by molar-refractivity contribution is -0.139. The van der Waals surface area contributed by atoms with Crippen LogP contribution >= 0.6 is 0 Å². The summed E-state index contributed by atoms with van der Waals surface area (Å²) in [6, 6.07) is 30.0. The van der Waals surface area contributed by atoms with E-state index in [2.05, 4.69) is 93.0 Å². The van der Waals surface area contributed by atoms with Crippen molar-refractivity contribution >= 4 is 56.2 Å². The molecular weight excluding hydrogens is 729 g/mol. The number of carbonyl (C=O) groups is 4. The summed E-state index contributed by atoms with van der Waals surface area (Å²) < 4.78 is 21.1. The molecule has 0 amide bonds. The third-order valence-electron chi connectivity index (χ3n) is 9.94. The number of unbranched alkanes of at least 4 members (excludes halogenated alkanes) is 2. The summed E-state index contributed by atoms with van der Waals surface area (Å²) in [7, 11) is 0. The van der Waals surface area contributed by atoms with E-state index in [4.69, 9.17) is 18.9 Å². The fraction of sp³-hybridized carbons (Fsp3) is 0.200. The van der Waals surface area contributed by atoms with Crippen LogP contribution in [0, 0.1) is 0 Å². The lowest BCUT2D eigenvalue weighted by Gasteiger charge is -2.16. The van der Waals surface area contributed by atoms with E-state index >= 15 is 0 Å². The molecule has 8 nitrogen and oxygen atoms in total. The molecule has 58 heavy (non-hydrogen) atoms. The molecule has 0 fully saturated rings. The number of hydrogen-bond donors (Lipinski definition) is 0. The summed E-state index contributed by atoms with van der Waals surface area (Å²) in [6.07, 6.45) is 9.52. The zero-order chi connectivity index (χ0) is 41.0. The number of benzene rings is 6. The molecule has 0 saturated heterocycles. The predicted octanol–water partition coefficient (Wildman–Crippen LogP) is 10.5. The zero-order valence-electron chi connectivity index (χ0n) is 32.6. The van der Waals surface area contributed by atoms with E-state index in [-0.39, 0.29) is 13.2 Å². The number of esters is 4. The second-order valence-electron chi connectivity index (χ2n) is 14.1. The summed E-state index contributed by atoms with van der Waals surface area (Å²) >= 11 is 0. The monoisotopic (exact) mass is 774 g/mol. The number of aryl methyl sites for hydroxylation is 2. The minimum atomic E-state index is -0.523. The van der Waals surface area contributed by atoms with E-state index in [1.165, 1.54) is 34.1 Å². The molecule has 6 aromatic rings. The van der Waals surface area contributed by atoms with E-state index in [1.54, 1.807) is 0 Å². The van der Waals surface area contributed by atoms with Gasteiger partial charge in [-0.15, -0.1) is 0 Å². The van der Waals surface area contributed by atoms with Crippen molar-refractivity contribution in [2.24, 2.45) is 0 Å². The van der Waals surface area contributed by atoms with Crippen molar-refractivity contribution in [2.45, 2.75) is 51.7 Å². The summed E-state index contributed by atoms with van der Waals surface area (Å²) in [4.78, 5) is 46.7. The predicted molar refractivity (Wildman–Crippen MR) is 229 cm³/mol. The van der Waals surface area contributed by atoms with Gasteiger partial charge in [0.25, 0.3) is 0 Å². The van der Waals surface area contributed by atoms with Crippen LogP contribution < -0.4 is 0 Å². The first-order valence-corrected chi connectivity index (χ1v) is 19.3. The molecule has 0 aliphatic carbocycles. The second-order valence-corrected chi connectivity index (χ2v) is 14.1. The topological polar surface area (TPSA) is 105 Å². The van der Waals surface area contributed by atoms with Gasteiger partial charge in [-0.3, -0.25) is 0 Å². The maximum atomic E-state index is 11.9. The molecule has 8 heteroatoms. The van der Waals surface area contributed by atoms with Gasteiger partial charge in [-0.1, -0.05) is 68.8 Å². The van der Waals surface area contributed by atoms with E-state index in [1.807, 2.05) is 18.2 Å². The van der Waals surface area contributed by atoms with Crippen molar-refractivity contribution in [1.82, 2.24) is 0 Å². The number of carbonyl (C=O) groups excluding carboxylic acids is 4. The molecule has 0 heterocycles. The smallest absolute Gasteiger partial charge is 0.330 e. The van der Waals surface area contributed by atoms with E-state index in [0.29, 0.717) is 13.2 Å². The highest BCUT2D eigenvalue weighted by atomic mass is 16.5. The Bertz CT molecular complexity index is 2370. The van der Waals surface area contributed by atoms with Crippen molar-refractivity contribution in [3.05, 3.63) is 158 Å². The fourth-order valence-corrected chi connectivity index (χ4v) is 7.24. The Morgan fingerprint density at radius 1 is 0.397 bits per heavy atom. The zero-order valence-corrected chi connectivity index (χ0v) is 32.6. The van der Waals surface area contributed by atoms with Gasteiger partial charge in [-0.25, -0.2) is 19.2 Å². The van der Waals surface area contributed by atoms with Gasteiger partial charge in [0.05, 0.1) is 13.2 Å². The minimum absolute atomic E-state index is 0.0443. The molecule has 0 N–H and O–H groups in total. The Morgan fingerprint density at radius 3 is 1.07 bits per heavy atom. The SMILES string of the molecule is C=CC(=O)OCCCCc1cc(CCCCOC(=O)C=C)cc(-c2cc3ccc4cc(-c5cc(COC(=O)C=C)cc(COC(=O)C=C)c5)cc5ccc(c2)c3c45)c1. The fourth-order valence-electron chi connectivity index (χ4n) is 7.24. The average molecular weight is 775 g/mol. The summed E-state index contributed by atoms with van der Waals surface area (Å²) in [5.41, 5.74) is 8.05. The van der Waals surface area contributed by atoms with Gasteiger partial charge in [0.2, 0.25) is 0 Å². The standard InChI is InChI=1S/C50H46O8/c1-5-45(51)55-19-11-9-13-33-21-34(14-10-12-20-56-46(52)6-2)24-41(23-33)43-27-37-15-17-39-29-44(30-40-18-16-38(28-43)49(37)50(39)40)42-25-35(31-57-47(53)7-3)22-36(26-42)32-58-48(54)8-4/h5-8,15-18,21-30H,1-4,9-14,19-20,31-32H2. The maximum absolute atomic E-state index is 11.9. The van der Waals surface area contributed by atoms with Gasteiger partial charge in [0, 0.05) is 24.3 Å². The molecule has 0 saturated carbocycles. The molecule has 0 aromatic heterocycles. The summed E-state index contributed by atoms with van der Waals surface area (Å²) in [5.74, 6) is -1.86. The second kappa shape index (κ2) is 19.4. The van der Waals surface area contributed by atoms with E-state index in [9.17, 15) is 19.2 Å². The maximum Gasteiger partial charge on any atom is 0.330 e. The summed E-state index contributed by atoms with van der Waals surface area (Å²) in [6.45, 7) is 14.7. The van der Waals surface area contributed by atoms with Gasteiger partial charge < -0.3 is 18.9 Å². The van der Waals surface area contributed by atoms with Crippen LogP contribution in [0.5, 0.6) is 0 Å². The van der Waals surface area contributed by atoms with Crippen LogP contribution in [-0.2, 0) is 64.2 Å². The molecule has 0 spiro atoms. The van der Waals surface area contributed by atoms with Gasteiger partial charge in [-0.05, 0) is 158 Å². The third-order valence-corrected chi connectivity index (χ3v) is 9.94. The van der Waals surface area contributed by atoms with Crippen LogP contribution in [0.25, 0.3) is 54.6 Å².